The van der Waals surface area contributed by atoms with Crippen molar-refractivity contribution < 1.29 is 19.1 Å². The Labute approximate surface area is 140 Å². The number of hydrogen-bond acceptors (Lipinski definition) is 4. The van der Waals surface area contributed by atoms with Crippen molar-refractivity contribution in [3.8, 4) is 0 Å². The van der Waals surface area contributed by atoms with Gasteiger partial charge in [0.25, 0.3) is 0 Å². The Morgan fingerprint density at radius 2 is 1.00 bits per heavy atom. The summed E-state index contributed by atoms with van der Waals surface area (Å²) in [5.74, 6) is 6.37. The molecule has 0 aromatic carbocycles. The summed E-state index contributed by atoms with van der Waals surface area (Å²) in [6.07, 6.45) is 4.73. The van der Waals surface area contributed by atoms with Crippen LogP contribution in [0.1, 0.15) is 25.7 Å². The van der Waals surface area contributed by atoms with E-state index in [2.05, 4.69) is 0 Å². The van der Waals surface area contributed by atoms with Crippen LogP contribution < -0.4 is 0 Å². The number of carbonyl (C=O) groups is 2. The molecule has 8 fully saturated rings. The predicted octanol–water partition coefficient (Wildman–Crippen LogP) is 1.87. The van der Waals surface area contributed by atoms with E-state index in [4.69, 9.17) is 9.47 Å². The lowest BCUT2D eigenvalue weighted by molar-refractivity contribution is -0.175. The molecule has 4 nitrogen and oxygen atoms in total. The van der Waals surface area contributed by atoms with Crippen molar-refractivity contribution in [3.05, 3.63) is 0 Å². The van der Waals surface area contributed by atoms with E-state index in [0.29, 0.717) is 59.2 Å². The predicted molar refractivity (Wildman–Crippen MR) is 80.1 cm³/mol. The van der Waals surface area contributed by atoms with E-state index < -0.39 is 0 Å². The zero-order valence-corrected chi connectivity index (χ0v) is 13.5. The topological polar surface area (TPSA) is 52.6 Å². The minimum absolute atomic E-state index is 0.132. The van der Waals surface area contributed by atoms with Gasteiger partial charge in [0.1, 0.15) is 12.2 Å². The van der Waals surface area contributed by atoms with Gasteiger partial charge < -0.3 is 9.47 Å². The van der Waals surface area contributed by atoms with Crippen molar-refractivity contribution in [3.63, 3.8) is 0 Å². The summed E-state index contributed by atoms with van der Waals surface area (Å²) in [6.45, 7) is 0. The first-order valence-corrected chi connectivity index (χ1v) is 10.2. The van der Waals surface area contributed by atoms with Crippen LogP contribution in [0.25, 0.3) is 0 Å². The van der Waals surface area contributed by atoms with Crippen molar-refractivity contribution in [2.45, 2.75) is 37.9 Å². The van der Waals surface area contributed by atoms with Crippen molar-refractivity contribution in [1.29, 1.82) is 0 Å². The van der Waals surface area contributed by atoms with Gasteiger partial charge in [-0.05, 0) is 73.0 Å². The number of fused-ring (bicyclic) bond motifs is 4. The van der Waals surface area contributed by atoms with Crippen LogP contribution in [0.2, 0.25) is 0 Å². The molecule has 0 bridgehead atoms. The highest BCUT2D eigenvalue weighted by Crippen LogP contribution is 2.81. The molecule has 6 aliphatic carbocycles. The number of ether oxygens (including phenoxy) is 2. The fourth-order valence-electron chi connectivity index (χ4n) is 10.5. The van der Waals surface area contributed by atoms with E-state index in [0.717, 1.165) is 12.8 Å². The van der Waals surface area contributed by atoms with Gasteiger partial charge in [-0.2, -0.15) is 0 Å². The lowest BCUT2D eigenvalue weighted by Gasteiger charge is -2.40. The van der Waals surface area contributed by atoms with E-state index in [1.54, 1.807) is 0 Å². The zero-order chi connectivity index (χ0) is 15.5. The molecular formula is C20H22O4. The van der Waals surface area contributed by atoms with Crippen LogP contribution in [0.4, 0.5) is 0 Å². The highest BCUT2D eigenvalue weighted by molar-refractivity contribution is 5.79. The van der Waals surface area contributed by atoms with E-state index in [1.807, 2.05) is 0 Å². The van der Waals surface area contributed by atoms with Crippen molar-refractivity contribution in [1.82, 2.24) is 0 Å². The first kappa shape index (κ1) is 12.3. The molecule has 14 atom stereocenters. The van der Waals surface area contributed by atoms with E-state index in [1.165, 1.54) is 12.8 Å². The second-order valence-electron chi connectivity index (χ2n) is 10.1. The summed E-state index contributed by atoms with van der Waals surface area (Å²) in [7, 11) is 0. The summed E-state index contributed by atoms with van der Waals surface area (Å²) in [4.78, 5) is 25.9. The normalized spacial score (nSPS) is 71.5. The quantitative estimate of drug-likeness (QED) is 0.638. The lowest BCUT2D eigenvalue weighted by Crippen LogP contribution is -2.46. The Kier molecular flexibility index (Phi) is 1.76. The number of carbonyl (C=O) groups excluding carboxylic acids is 2. The standard InChI is InChI=1S/C20H22O4/c21-19-17-11-5-1-3-7-9(5)13-15(11)16-12(18(13)20(22)23-7)6-2-4-8(24-19)10(6)14(16)17/h5-18H,1-4H2/t5-,6+,7-,8+,9-,10+,11-,12+,13-,14-,15-,16-,17-,18-/m1/s1. The molecule has 126 valence electrons. The molecular weight excluding hydrogens is 304 g/mol. The van der Waals surface area contributed by atoms with Crippen LogP contribution in [-0.2, 0) is 19.1 Å². The second kappa shape index (κ2) is 3.43. The van der Waals surface area contributed by atoms with Crippen LogP contribution in [0.15, 0.2) is 0 Å². The van der Waals surface area contributed by atoms with Crippen LogP contribution in [0, 0.1) is 71.0 Å². The second-order valence-corrected chi connectivity index (χ2v) is 10.1. The minimum atomic E-state index is 0.132. The zero-order valence-electron chi connectivity index (χ0n) is 13.5. The lowest BCUT2D eigenvalue weighted by atomic mass is 9.70. The fourth-order valence-corrected chi connectivity index (χ4v) is 10.5. The van der Waals surface area contributed by atoms with Gasteiger partial charge >= 0.3 is 11.9 Å². The van der Waals surface area contributed by atoms with Crippen molar-refractivity contribution in [2.75, 3.05) is 0 Å². The molecule has 0 amide bonds. The van der Waals surface area contributed by atoms with Crippen molar-refractivity contribution >= 4 is 11.9 Å². The molecule has 8 aliphatic rings. The maximum Gasteiger partial charge on any atom is 0.309 e. The van der Waals surface area contributed by atoms with Gasteiger partial charge in [0.05, 0.1) is 11.8 Å². The average molecular weight is 326 g/mol. The van der Waals surface area contributed by atoms with Gasteiger partial charge in [0.15, 0.2) is 0 Å². The SMILES string of the molecule is O=C1O[C@@H]2CC[C@H]3[C@H]4[C@H]5C(=O)O[C@H]6CC[C@@H]7[C@@H]8[C@@H]1[C@@H]([C@@H]4[C@H]8[C@H]5[C@@H]76)[C@H]32. The Hall–Kier alpha value is -1.06. The fraction of sp³-hybridized carbons (Fsp3) is 0.900. The number of esters is 2. The highest BCUT2D eigenvalue weighted by atomic mass is 16.6. The molecule has 0 unspecified atom stereocenters. The van der Waals surface area contributed by atoms with E-state index >= 15 is 0 Å². The van der Waals surface area contributed by atoms with Crippen LogP contribution in [0.3, 0.4) is 0 Å². The third-order valence-electron chi connectivity index (χ3n) is 10.3. The third-order valence-corrected chi connectivity index (χ3v) is 10.3. The van der Waals surface area contributed by atoms with Crippen LogP contribution in [0.5, 0.6) is 0 Å². The van der Waals surface area contributed by atoms with E-state index in [-0.39, 0.29) is 36.0 Å². The molecule has 8 rings (SSSR count). The Morgan fingerprint density at radius 1 is 0.542 bits per heavy atom. The third kappa shape index (κ3) is 0.964. The minimum Gasteiger partial charge on any atom is -0.462 e. The summed E-state index contributed by atoms with van der Waals surface area (Å²) in [6, 6.07) is 0. The summed E-state index contributed by atoms with van der Waals surface area (Å²) >= 11 is 0. The number of hydrogen-bond donors (Lipinski definition) is 0. The summed E-state index contributed by atoms with van der Waals surface area (Å²) in [5.41, 5.74) is 0. The molecule has 24 heavy (non-hydrogen) atoms. The molecule has 4 heteroatoms. The first-order chi connectivity index (χ1) is 11.8. The molecule has 0 aromatic heterocycles. The maximum atomic E-state index is 13.0. The summed E-state index contributed by atoms with van der Waals surface area (Å²) in [5, 5.41) is 0. The van der Waals surface area contributed by atoms with Crippen molar-refractivity contribution in [2.24, 2.45) is 71.0 Å². The molecule has 2 heterocycles. The smallest absolute Gasteiger partial charge is 0.309 e. The summed E-state index contributed by atoms with van der Waals surface area (Å²) < 4.78 is 12.0. The first-order valence-electron chi connectivity index (χ1n) is 10.2. The van der Waals surface area contributed by atoms with Gasteiger partial charge in [0.2, 0.25) is 0 Å². The average Bonchev–Trinajstić information content (AvgIpc) is 3.29. The van der Waals surface area contributed by atoms with Gasteiger partial charge in [-0.25, -0.2) is 0 Å². The Balaban J connectivity index is 1.41. The molecule has 0 N–H and O–H groups in total. The molecule has 2 saturated heterocycles. The molecule has 0 spiro atoms. The molecule has 0 radical (unpaired) electrons. The largest absolute Gasteiger partial charge is 0.462 e. The van der Waals surface area contributed by atoms with E-state index in [9.17, 15) is 9.59 Å². The highest BCUT2D eigenvalue weighted by Gasteiger charge is 2.82. The van der Waals surface area contributed by atoms with Crippen LogP contribution >= 0.6 is 0 Å². The van der Waals surface area contributed by atoms with Crippen LogP contribution in [-0.4, -0.2) is 24.1 Å². The van der Waals surface area contributed by atoms with Gasteiger partial charge in [-0.1, -0.05) is 0 Å². The van der Waals surface area contributed by atoms with Gasteiger partial charge in [0, 0.05) is 11.8 Å². The Morgan fingerprint density at radius 3 is 1.46 bits per heavy atom. The molecule has 0 aromatic rings. The molecule has 6 saturated carbocycles. The molecule has 2 aliphatic heterocycles. The monoisotopic (exact) mass is 326 g/mol. The van der Waals surface area contributed by atoms with Gasteiger partial charge in [-0.3, -0.25) is 9.59 Å². The Bertz CT molecular complexity index is 656. The van der Waals surface area contributed by atoms with Gasteiger partial charge in [-0.15, -0.1) is 0 Å². The number of rotatable bonds is 0. The maximum absolute atomic E-state index is 13.0.